The van der Waals surface area contributed by atoms with E-state index in [4.69, 9.17) is 0 Å². The number of nitrogens with one attached hydrogen (secondary N) is 1. The predicted molar refractivity (Wildman–Crippen MR) is 69.7 cm³/mol. The second-order valence-electron chi connectivity index (χ2n) is 5.47. The van der Waals surface area contributed by atoms with E-state index in [0.717, 1.165) is 18.4 Å². The smallest absolute Gasteiger partial charge is 0.310 e. The first-order chi connectivity index (χ1) is 8.97. The summed E-state index contributed by atoms with van der Waals surface area (Å²) in [6.07, 6.45) is 0.633. The van der Waals surface area contributed by atoms with Gasteiger partial charge < -0.3 is 5.32 Å². The standard InChI is InChI=1S/C15H20F3N/c1-11(9-12-5-4-6-12)19-10-13-7-2-3-8-14(13)15(16,17)18/h2-3,7-8,11-12,19H,4-6,9-10H2,1H3. The molecule has 1 aromatic carbocycles. The van der Waals surface area contributed by atoms with Gasteiger partial charge in [0, 0.05) is 12.6 Å². The number of hydrogen-bond acceptors (Lipinski definition) is 1. The summed E-state index contributed by atoms with van der Waals surface area (Å²) in [5.41, 5.74) is -0.200. The SMILES string of the molecule is CC(CC1CCC1)NCc1ccccc1C(F)(F)F. The highest BCUT2D eigenvalue weighted by molar-refractivity contribution is 5.29. The van der Waals surface area contributed by atoms with Crippen molar-refractivity contribution in [1.29, 1.82) is 0 Å². The molecule has 0 aromatic heterocycles. The molecule has 1 aromatic rings. The highest BCUT2D eigenvalue weighted by Gasteiger charge is 2.32. The fourth-order valence-electron chi connectivity index (χ4n) is 2.55. The van der Waals surface area contributed by atoms with Crippen molar-refractivity contribution in [3.8, 4) is 0 Å². The molecule has 1 nitrogen and oxygen atoms in total. The molecule has 2 rings (SSSR count). The molecule has 1 fully saturated rings. The minimum atomic E-state index is -4.27. The molecule has 0 bridgehead atoms. The Balaban J connectivity index is 1.91. The molecule has 0 aliphatic heterocycles. The van der Waals surface area contributed by atoms with Crippen LogP contribution in [0.15, 0.2) is 24.3 Å². The van der Waals surface area contributed by atoms with Crippen molar-refractivity contribution >= 4 is 0 Å². The molecule has 0 saturated heterocycles. The van der Waals surface area contributed by atoms with E-state index in [1.54, 1.807) is 12.1 Å². The van der Waals surface area contributed by atoms with Crippen molar-refractivity contribution in [3.05, 3.63) is 35.4 Å². The molecule has 1 atom stereocenters. The molecule has 1 N–H and O–H groups in total. The van der Waals surface area contributed by atoms with Gasteiger partial charge in [-0.25, -0.2) is 0 Å². The monoisotopic (exact) mass is 271 g/mol. The summed E-state index contributed by atoms with van der Waals surface area (Å²) in [7, 11) is 0. The van der Waals surface area contributed by atoms with Crippen LogP contribution in [-0.2, 0) is 12.7 Å². The third kappa shape index (κ3) is 3.96. The Morgan fingerprint density at radius 2 is 1.95 bits per heavy atom. The third-order valence-corrected chi connectivity index (χ3v) is 3.88. The fraction of sp³-hybridized carbons (Fsp3) is 0.600. The van der Waals surface area contributed by atoms with Crippen LogP contribution in [0.5, 0.6) is 0 Å². The molecular formula is C15H20F3N. The number of alkyl halides is 3. The van der Waals surface area contributed by atoms with Crippen LogP contribution in [0.4, 0.5) is 13.2 Å². The van der Waals surface area contributed by atoms with Crippen molar-refractivity contribution in [1.82, 2.24) is 5.32 Å². The van der Waals surface area contributed by atoms with Gasteiger partial charge >= 0.3 is 6.18 Å². The van der Waals surface area contributed by atoms with Crippen molar-refractivity contribution < 1.29 is 13.2 Å². The second-order valence-corrected chi connectivity index (χ2v) is 5.47. The fourth-order valence-corrected chi connectivity index (χ4v) is 2.55. The summed E-state index contributed by atoms with van der Waals surface area (Å²) in [6.45, 7) is 2.33. The summed E-state index contributed by atoms with van der Waals surface area (Å²) in [5.74, 6) is 0.764. The van der Waals surface area contributed by atoms with Gasteiger partial charge in [0.1, 0.15) is 0 Å². The lowest BCUT2D eigenvalue weighted by molar-refractivity contribution is -0.138. The molecular weight excluding hydrogens is 251 g/mol. The van der Waals surface area contributed by atoms with Crippen LogP contribution in [0.2, 0.25) is 0 Å². The summed E-state index contributed by atoms with van der Waals surface area (Å²) >= 11 is 0. The quantitative estimate of drug-likeness (QED) is 0.838. The van der Waals surface area contributed by atoms with Crippen LogP contribution >= 0.6 is 0 Å². The summed E-state index contributed by atoms with van der Waals surface area (Å²) in [5, 5.41) is 3.21. The number of benzene rings is 1. The Morgan fingerprint density at radius 3 is 2.53 bits per heavy atom. The average Bonchev–Trinajstić information content (AvgIpc) is 2.30. The molecule has 1 saturated carbocycles. The zero-order valence-electron chi connectivity index (χ0n) is 11.1. The maximum Gasteiger partial charge on any atom is 0.416 e. The molecule has 0 heterocycles. The van der Waals surface area contributed by atoms with Gasteiger partial charge in [-0.05, 0) is 30.9 Å². The first-order valence-electron chi connectivity index (χ1n) is 6.85. The molecule has 0 radical (unpaired) electrons. The van der Waals surface area contributed by atoms with Crippen LogP contribution in [0, 0.1) is 5.92 Å². The van der Waals surface area contributed by atoms with Gasteiger partial charge in [-0.1, -0.05) is 37.5 Å². The maximum atomic E-state index is 12.8. The normalized spacial score (nSPS) is 18.1. The van der Waals surface area contributed by atoms with Crippen LogP contribution in [0.1, 0.15) is 43.7 Å². The Labute approximate surface area is 112 Å². The van der Waals surface area contributed by atoms with E-state index < -0.39 is 11.7 Å². The van der Waals surface area contributed by atoms with E-state index >= 15 is 0 Å². The molecule has 1 aliphatic carbocycles. The molecule has 1 unspecified atom stereocenters. The van der Waals surface area contributed by atoms with Crippen LogP contribution in [-0.4, -0.2) is 6.04 Å². The van der Waals surface area contributed by atoms with Gasteiger partial charge in [-0.2, -0.15) is 13.2 Å². The number of rotatable bonds is 5. The summed E-state index contributed by atoms with van der Waals surface area (Å²) in [6, 6.07) is 6.05. The molecule has 0 spiro atoms. The highest BCUT2D eigenvalue weighted by Crippen LogP contribution is 2.32. The van der Waals surface area contributed by atoms with E-state index in [-0.39, 0.29) is 12.6 Å². The predicted octanol–water partition coefficient (Wildman–Crippen LogP) is 4.37. The van der Waals surface area contributed by atoms with Crippen LogP contribution in [0.25, 0.3) is 0 Å². The summed E-state index contributed by atoms with van der Waals surface area (Å²) < 4.78 is 38.5. The zero-order valence-corrected chi connectivity index (χ0v) is 11.1. The molecule has 19 heavy (non-hydrogen) atoms. The molecule has 106 valence electrons. The second kappa shape index (κ2) is 5.95. The maximum absolute atomic E-state index is 12.8. The summed E-state index contributed by atoms with van der Waals surface area (Å²) in [4.78, 5) is 0. The Morgan fingerprint density at radius 1 is 1.26 bits per heavy atom. The Kier molecular flexibility index (Phi) is 4.50. The van der Waals surface area contributed by atoms with Gasteiger partial charge in [0.2, 0.25) is 0 Å². The van der Waals surface area contributed by atoms with E-state index in [1.807, 2.05) is 0 Å². The first-order valence-corrected chi connectivity index (χ1v) is 6.85. The van der Waals surface area contributed by atoms with E-state index in [1.165, 1.54) is 25.3 Å². The van der Waals surface area contributed by atoms with Gasteiger partial charge in [0.25, 0.3) is 0 Å². The van der Waals surface area contributed by atoms with E-state index in [0.29, 0.717) is 5.56 Å². The lowest BCUT2D eigenvalue weighted by Gasteiger charge is -2.28. The topological polar surface area (TPSA) is 12.0 Å². The molecule has 4 heteroatoms. The van der Waals surface area contributed by atoms with Crippen LogP contribution in [0.3, 0.4) is 0 Å². The van der Waals surface area contributed by atoms with Gasteiger partial charge in [-0.3, -0.25) is 0 Å². The lowest BCUT2D eigenvalue weighted by atomic mass is 9.81. The number of halogens is 3. The van der Waals surface area contributed by atoms with Crippen molar-refractivity contribution in [3.63, 3.8) is 0 Å². The van der Waals surface area contributed by atoms with Gasteiger partial charge in [0.15, 0.2) is 0 Å². The molecule has 0 amide bonds. The minimum Gasteiger partial charge on any atom is -0.310 e. The van der Waals surface area contributed by atoms with Crippen molar-refractivity contribution in [2.45, 2.75) is 51.4 Å². The zero-order chi connectivity index (χ0) is 13.9. The van der Waals surface area contributed by atoms with E-state index in [9.17, 15) is 13.2 Å². The lowest BCUT2D eigenvalue weighted by Crippen LogP contribution is -2.30. The highest BCUT2D eigenvalue weighted by atomic mass is 19.4. The largest absolute Gasteiger partial charge is 0.416 e. The Hall–Kier alpha value is -1.03. The van der Waals surface area contributed by atoms with Crippen molar-refractivity contribution in [2.75, 3.05) is 0 Å². The van der Waals surface area contributed by atoms with Crippen LogP contribution < -0.4 is 5.32 Å². The molecule has 1 aliphatic rings. The van der Waals surface area contributed by atoms with Crippen molar-refractivity contribution in [2.24, 2.45) is 5.92 Å². The van der Waals surface area contributed by atoms with E-state index in [2.05, 4.69) is 12.2 Å². The number of hydrogen-bond donors (Lipinski definition) is 1. The average molecular weight is 271 g/mol. The third-order valence-electron chi connectivity index (χ3n) is 3.88. The minimum absolute atomic E-state index is 0.270. The first kappa shape index (κ1) is 14.4. The van der Waals surface area contributed by atoms with Gasteiger partial charge in [0.05, 0.1) is 5.56 Å². The van der Waals surface area contributed by atoms with Gasteiger partial charge in [-0.15, -0.1) is 0 Å². The Bertz CT molecular complexity index is 410.